The van der Waals surface area contributed by atoms with Gasteiger partial charge in [0.05, 0.1) is 15.6 Å². The third-order valence-corrected chi connectivity index (χ3v) is 7.07. The summed E-state index contributed by atoms with van der Waals surface area (Å²) in [6.07, 6.45) is 3.87. The minimum Gasteiger partial charge on any atom is -0.444 e. The number of hydrogen-bond donors (Lipinski definition) is 1. The zero-order valence-electron chi connectivity index (χ0n) is 17.2. The number of ether oxygens (including phenoxy) is 1. The number of carbonyl (C=O) groups excluding carboxylic acids is 1. The van der Waals surface area contributed by atoms with E-state index in [2.05, 4.69) is 6.07 Å². The van der Waals surface area contributed by atoms with Gasteiger partial charge in [-0.15, -0.1) is 0 Å². The van der Waals surface area contributed by atoms with Crippen molar-refractivity contribution in [2.45, 2.75) is 76.4 Å². The van der Waals surface area contributed by atoms with Gasteiger partial charge in [-0.3, -0.25) is 0 Å². The third-order valence-electron chi connectivity index (χ3n) is 6.34. The van der Waals surface area contributed by atoms with E-state index in [1.807, 2.05) is 44.7 Å². The summed E-state index contributed by atoms with van der Waals surface area (Å²) in [6.45, 7) is 8.93. The molecule has 6 heteroatoms. The van der Waals surface area contributed by atoms with Crippen molar-refractivity contribution < 1.29 is 14.6 Å². The summed E-state index contributed by atoms with van der Waals surface area (Å²) in [4.78, 5) is 14.4. The van der Waals surface area contributed by atoms with E-state index in [1.165, 1.54) is 0 Å². The summed E-state index contributed by atoms with van der Waals surface area (Å²) < 4.78 is 5.57. The molecule has 0 bridgehead atoms. The third kappa shape index (κ3) is 4.60. The molecule has 3 rings (SSSR count). The van der Waals surface area contributed by atoms with Gasteiger partial charge >= 0.3 is 6.09 Å². The molecule has 0 unspecified atom stereocenters. The summed E-state index contributed by atoms with van der Waals surface area (Å²) in [5.41, 5.74) is -0.0929. The number of nitrogens with zero attached hydrogens (tertiary/aromatic N) is 1. The molecule has 2 fully saturated rings. The highest BCUT2D eigenvalue weighted by molar-refractivity contribution is 6.42. The molecule has 0 radical (unpaired) electrons. The molecule has 28 heavy (non-hydrogen) atoms. The summed E-state index contributed by atoms with van der Waals surface area (Å²) in [5.74, 6) is 0.299. The lowest BCUT2D eigenvalue weighted by Crippen LogP contribution is -2.45. The molecular weight excluding hydrogens is 397 g/mol. The van der Waals surface area contributed by atoms with E-state index in [1.54, 1.807) is 0 Å². The molecule has 1 saturated heterocycles. The van der Waals surface area contributed by atoms with E-state index in [4.69, 9.17) is 27.9 Å². The zero-order valence-corrected chi connectivity index (χ0v) is 18.7. The molecule has 1 aromatic carbocycles. The summed E-state index contributed by atoms with van der Waals surface area (Å²) in [5, 5.41) is 11.6. The number of benzene rings is 1. The lowest BCUT2D eigenvalue weighted by molar-refractivity contribution is -0.0125. The fourth-order valence-electron chi connectivity index (χ4n) is 4.68. The summed E-state index contributed by atoms with van der Waals surface area (Å²) in [7, 11) is 0. The zero-order chi connectivity index (χ0) is 20.7. The molecule has 1 N–H and O–H groups in total. The Balaban J connectivity index is 1.86. The predicted molar refractivity (Wildman–Crippen MR) is 113 cm³/mol. The smallest absolute Gasteiger partial charge is 0.410 e. The second kappa shape index (κ2) is 7.70. The maximum absolute atomic E-state index is 12.6. The van der Waals surface area contributed by atoms with Gasteiger partial charge in [0.2, 0.25) is 0 Å². The largest absolute Gasteiger partial charge is 0.444 e. The highest BCUT2D eigenvalue weighted by atomic mass is 35.5. The maximum Gasteiger partial charge on any atom is 0.410 e. The first-order valence-electron chi connectivity index (χ1n) is 10.1. The van der Waals surface area contributed by atoms with Crippen molar-refractivity contribution in [2.24, 2.45) is 5.92 Å². The SMILES string of the molecule is CC(C)(C)OC(=O)N1CC[C@@H]([C@]2(c3ccc(Cl)c(Cl)c3)CC[C@@](C)(O)CC2)C1. The molecule has 0 aromatic heterocycles. The number of aliphatic hydroxyl groups is 1. The van der Waals surface area contributed by atoms with Crippen molar-refractivity contribution in [2.75, 3.05) is 13.1 Å². The molecule has 1 heterocycles. The Kier molecular flexibility index (Phi) is 5.97. The summed E-state index contributed by atoms with van der Waals surface area (Å²) in [6, 6.07) is 5.89. The van der Waals surface area contributed by atoms with Crippen LogP contribution in [0.5, 0.6) is 0 Å². The molecule has 0 spiro atoms. The van der Waals surface area contributed by atoms with Crippen molar-refractivity contribution >= 4 is 29.3 Å². The number of halogens is 2. The molecule has 2 aliphatic rings. The Morgan fingerprint density at radius 3 is 2.39 bits per heavy atom. The van der Waals surface area contributed by atoms with Crippen LogP contribution < -0.4 is 0 Å². The van der Waals surface area contributed by atoms with E-state index >= 15 is 0 Å². The number of carbonyl (C=O) groups is 1. The van der Waals surface area contributed by atoms with Crippen LogP contribution in [0.25, 0.3) is 0 Å². The van der Waals surface area contributed by atoms with Gasteiger partial charge < -0.3 is 14.7 Å². The lowest BCUT2D eigenvalue weighted by Gasteiger charge is -2.47. The van der Waals surface area contributed by atoms with Crippen LogP contribution in [0.4, 0.5) is 4.79 Å². The van der Waals surface area contributed by atoms with Crippen molar-refractivity contribution in [3.05, 3.63) is 33.8 Å². The monoisotopic (exact) mass is 427 g/mol. The molecule has 4 nitrogen and oxygen atoms in total. The van der Waals surface area contributed by atoms with Crippen LogP contribution in [0.15, 0.2) is 18.2 Å². The highest BCUT2D eigenvalue weighted by Gasteiger charge is 2.48. The van der Waals surface area contributed by atoms with Gasteiger partial charge in [0, 0.05) is 18.5 Å². The molecule has 1 aromatic rings. The van der Waals surface area contributed by atoms with E-state index < -0.39 is 11.2 Å². The Morgan fingerprint density at radius 1 is 1.18 bits per heavy atom. The first-order valence-corrected chi connectivity index (χ1v) is 10.8. The number of hydrogen-bond acceptors (Lipinski definition) is 3. The topological polar surface area (TPSA) is 49.8 Å². The van der Waals surface area contributed by atoms with Crippen LogP contribution in [0.2, 0.25) is 10.0 Å². The predicted octanol–water partition coefficient (Wildman–Crippen LogP) is 5.81. The first kappa shape index (κ1) is 21.7. The molecule has 1 amide bonds. The molecule has 1 saturated carbocycles. The van der Waals surface area contributed by atoms with E-state index in [-0.39, 0.29) is 11.5 Å². The van der Waals surface area contributed by atoms with Crippen molar-refractivity contribution in [1.82, 2.24) is 4.90 Å². The minimum absolute atomic E-state index is 0.118. The number of likely N-dealkylation sites (tertiary alicyclic amines) is 1. The van der Waals surface area contributed by atoms with Gasteiger partial charge in [-0.25, -0.2) is 4.79 Å². The number of rotatable bonds is 2. The highest BCUT2D eigenvalue weighted by Crippen LogP contribution is 2.51. The quantitative estimate of drug-likeness (QED) is 0.647. The molecule has 1 aliphatic heterocycles. The normalized spacial score (nSPS) is 31.1. The van der Waals surface area contributed by atoms with Gasteiger partial charge in [0.1, 0.15) is 5.60 Å². The standard InChI is InChI=1S/C22H31Cl2NO3/c1-20(2,3)28-19(26)25-12-7-16(14-25)22(10-8-21(4,27)9-11-22)15-5-6-17(23)18(24)13-15/h5-6,13,16,27H,7-12,14H2,1-4H3/t16-,21-,22-/m1/s1. The Bertz CT molecular complexity index is 732. The van der Waals surface area contributed by atoms with Gasteiger partial charge in [-0.05, 0) is 83.4 Å². The molecule has 1 aliphatic carbocycles. The Morgan fingerprint density at radius 2 is 1.82 bits per heavy atom. The summed E-state index contributed by atoms with van der Waals surface area (Å²) >= 11 is 12.5. The lowest BCUT2D eigenvalue weighted by atomic mass is 9.59. The first-order chi connectivity index (χ1) is 12.9. The van der Waals surface area contributed by atoms with Crippen molar-refractivity contribution in [1.29, 1.82) is 0 Å². The van der Waals surface area contributed by atoms with E-state index in [0.717, 1.165) is 37.7 Å². The van der Waals surface area contributed by atoms with E-state index in [9.17, 15) is 9.90 Å². The molecular formula is C22H31Cl2NO3. The van der Waals surface area contributed by atoms with Crippen LogP contribution in [-0.2, 0) is 10.2 Å². The van der Waals surface area contributed by atoms with Crippen LogP contribution in [-0.4, -0.2) is 40.4 Å². The number of amides is 1. The fraction of sp³-hybridized carbons (Fsp3) is 0.682. The Hall–Kier alpha value is -0.970. The second-order valence-electron chi connectivity index (χ2n) is 9.69. The van der Waals surface area contributed by atoms with E-state index in [0.29, 0.717) is 29.1 Å². The van der Waals surface area contributed by atoms with Crippen molar-refractivity contribution in [3.63, 3.8) is 0 Å². The van der Waals surface area contributed by atoms with Gasteiger partial charge in [-0.1, -0.05) is 29.3 Å². The fourth-order valence-corrected chi connectivity index (χ4v) is 4.97. The van der Waals surface area contributed by atoms with Crippen LogP contribution in [0.1, 0.15) is 65.4 Å². The second-order valence-corrected chi connectivity index (χ2v) is 10.5. The van der Waals surface area contributed by atoms with Gasteiger partial charge in [0.25, 0.3) is 0 Å². The van der Waals surface area contributed by atoms with Gasteiger partial charge in [-0.2, -0.15) is 0 Å². The van der Waals surface area contributed by atoms with Crippen molar-refractivity contribution in [3.8, 4) is 0 Å². The van der Waals surface area contributed by atoms with Gasteiger partial charge in [0.15, 0.2) is 0 Å². The minimum atomic E-state index is -0.636. The molecule has 156 valence electrons. The Labute approximate surface area is 178 Å². The van der Waals surface area contributed by atoms with Crippen LogP contribution >= 0.6 is 23.2 Å². The molecule has 1 atom stereocenters. The average Bonchev–Trinajstić information content (AvgIpc) is 3.07. The van der Waals surface area contributed by atoms with Crippen LogP contribution in [0.3, 0.4) is 0 Å². The average molecular weight is 428 g/mol. The maximum atomic E-state index is 12.6. The van der Waals surface area contributed by atoms with Crippen LogP contribution in [0, 0.1) is 5.92 Å².